The zero-order valence-corrected chi connectivity index (χ0v) is 17.1. The number of nitrogens with zero attached hydrogens (tertiary/aromatic N) is 5. The fraction of sp³-hybridized carbons (Fsp3) is 0.150. The van der Waals surface area contributed by atoms with E-state index in [1.165, 1.54) is 10.7 Å². The molecule has 0 bridgehead atoms. The standard InChI is InChI=1S/C20H14ClN5O2S/c1-11-6-12(9-22)7-14-17(11)24-19(28-20(14)27)16-8-13(10-29-2)25-26(16)18-15(21)4-3-5-23-18/h3-8H,10H2,1-2H3. The highest BCUT2D eigenvalue weighted by Gasteiger charge is 2.20. The highest BCUT2D eigenvalue weighted by atomic mass is 35.5. The Morgan fingerprint density at radius 3 is 2.90 bits per heavy atom. The second-order valence-corrected chi connectivity index (χ2v) is 7.56. The molecule has 1 aromatic carbocycles. The lowest BCUT2D eigenvalue weighted by molar-refractivity contribution is 0.513. The molecule has 0 N–H and O–H groups in total. The van der Waals surface area contributed by atoms with Gasteiger partial charge in [-0.3, -0.25) is 0 Å². The summed E-state index contributed by atoms with van der Waals surface area (Å²) in [5, 5.41) is 14.4. The van der Waals surface area contributed by atoms with E-state index in [4.69, 9.17) is 21.3 Å². The highest BCUT2D eigenvalue weighted by Crippen LogP contribution is 2.27. The molecule has 3 heterocycles. The van der Waals surface area contributed by atoms with Gasteiger partial charge in [-0.25, -0.2) is 19.4 Å². The lowest BCUT2D eigenvalue weighted by atomic mass is 10.1. The number of halogens is 1. The van der Waals surface area contributed by atoms with Crippen molar-refractivity contribution in [1.29, 1.82) is 5.26 Å². The summed E-state index contributed by atoms with van der Waals surface area (Å²) in [7, 11) is 0. The van der Waals surface area contributed by atoms with Crippen molar-refractivity contribution in [2.24, 2.45) is 0 Å². The lowest BCUT2D eigenvalue weighted by Crippen LogP contribution is -2.08. The maximum absolute atomic E-state index is 12.6. The normalized spacial score (nSPS) is 11.0. The number of pyridine rings is 1. The van der Waals surface area contributed by atoms with Crippen LogP contribution in [0.4, 0.5) is 0 Å². The largest absolute Gasteiger partial charge is 0.401 e. The monoisotopic (exact) mass is 423 g/mol. The minimum atomic E-state index is -0.573. The lowest BCUT2D eigenvalue weighted by Gasteiger charge is -2.08. The number of aryl methyl sites for hydroxylation is 1. The first-order valence-corrected chi connectivity index (χ1v) is 10.3. The van der Waals surface area contributed by atoms with Crippen LogP contribution in [0.2, 0.25) is 5.02 Å². The third-order valence-corrected chi connectivity index (χ3v) is 5.14. The Morgan fingerprint density at radius 1 is 1.34 bits per heavy atom. The Morgan fingerprint density at radius 2 is 2.17 bits per heavy atom. The Kier molecular flexibility index (Phi) is 5.09. The van der Waals surface area contributed by atoms with Crippen molar-refractivity contribution in [3.63, 3.8) is 0 Å². The molecule has 0 unspecified atom stereocenters. The molecular weight excluding hydrogens is 410 g/mol. The third-order valence-electron chi connectivity index (χ3n) is 4.26. The summed E-state index contributed by atoms with van der Waals surface area (Å²) in [5.74, 6) is 1.18. The number of hydrogen-bond acceptors (Lipinski definition) is 7. The second-order valence-electron chi connectivity index (χ2n) is 6.28. The molecule has 4 rings (SSSR count). The van der Waals surface area contributed by atoms with Crippen molar-refractivity contribution in [2.45, 2.75) is 12.7 Å². The van der Waals surface area contributed by atoms with Crippen molar-refractivity contribution < 1.29 is 4.42 Å². The van der Waals surface area contributed by atoms with E-state index in [9.17, 15) is 4.79 Å². The number of rotatable bonds is 4. The molecular formula is C20H14ClN5O2S. The van der Waals surface area contributed by atoms with E-state index in [0.717, 1.165) is 5.69 Å². The van der Waals surface area contributed by atoms with Crippen LogP contribution in [-0.2, 0) is 5.75 Å². The topological polar surface area (TPSA) is 97.6 Å². The van der Waals surface area contributed by atoms with Gasteiger partial charge in [0.15, 0.2) is 5.82 Å². The molecule has 0 amide bonds. The summed E-state index contributed by atoms with van der Waals surface area (Å²) in [6, 6.07) is 10.4. The maximum atomic E-state index is 12.6. The molecule has 0 radical (unpaired) electrons. The number of fused-ring (bicyclic) bond motifs is 1. The van der Waals surface area contributed by atoms with Gasteiger partial charge in [-0.2, -0.15) is 22.1 Å². The zero-order valence-electron chi connectivity index (χ0n) is 15.5. The summed E-state index contributed by atoms with van der Waals surface area (Å²) in [5.41, 5.74) is 2.23. The first-order chi connectivity index (χ1) is 14.0. The minimum Gasteiger partial charge on any atom is -0.401 e. The smallest absolute Gasteiger partial charge is 0.347 e. The molecule has 0 aliphatic carbocycles. The van der Waals surface area contributed by atoms with Crippen LogP contribution in [0.15, 0.2) is 45.7 Å². The summed E-state index contributed by atoms with van der Waals surface area (Å²) < 4.78 is 7.04. The molecule has 29 heavy (non-hydrogen) atoms. The number of thioether (sulfide) groups is 1. The van der Waals surface area contributed by atoms with Crippen molar-refractivity contribution >= 4 is 34.3 Å². The van der Waals surface area contributed by atoms with Gasteiger partial charge < -0.3 is 4.42 Å². The van der Waals surface area contributed by atoms with E-state index in [0.29, 0.717) is 38.9 Å². The molecule has 7 nitrogen and oxygen atoms in total. The molecule has 0 saturated carbocycles. The first-order valence-electron chi connectivity index (χ1n) is 8.56. The molecule has 0 spiro atoms. The van der Waals surface area contributed by atoms with Crippen LogP contribution in [0.5, 0.6) is 0 Å². The van der Waals surface area contributed by atoms with Gasteiger partial charge in [0.2, 0.25) is 5.89 Å². The molecule has 144 valence electrons. The molecule has 9 heteroatoms. The molecule has 0 aliphatic rings. The van der Waals surface area contributed by atoms with E-state index in [2.05, 4.69) is 15.1 Å². The second kappa shape index (κ2) is 7.70. The molecule has 3 aromatic heterocycles. The fourth-order valence-electron chi connectivity index (χ4n) is 3.02. The van der Waals surface area contributed by atoms with Gasteiger partial charge in [0, 0.05) is 11.9 Å². The SMILES string of the molecule is CSCc1cc(-c2nc3c(C)cc(C#N)cc3c(=O)o2)n(-c2ncccc2Cl)n1. The van der Waals surface area contributed by atoms with Crippen molar-refractivity contribution in [3.05, 3.63) is 68.8 Å². The predicted octanol–water partition coefficient (Wildman–Crippen LogP) is 4.13. The quantitative estimate of drug-likeness (QED) is 0.486. The summed E-state index contributed by atoms with van der Waals surface area (Å²) >= 11 is 7.93. The van der Waals surface area contributed by atoms with Crippen molar-refractivity contribution in [3.8, 4) is 23.5 Å². The number of benzene rings is 1. The molecule has 0 atom stereocenters. The molecule has 0 fully saturated rings. The Hall–Kier alpha value is -3.15. The van der Waals surface area contributed by atoms with E-state index >= 15 is 0 Å². The van der Waals surface area contributed by atoms with Gasteiger partial charge in [-0.15, -0.1) is 0 Å². The van der Waals surface area contributed by atoms with Crippen LogP contribution in [-0.4, -0.2) is 26.0 Å². The van der Waals surface area contributed by atoms with Crippen LogP contribution in [0.1, 0.15) is 16.8 Å². The van der Waals surface area contributed by atoms with E-state index in [1.807, 2.05) is 12.3 Å². The minimum absolute atomic E-state index is 0.108. The van der Waals surface area contributed by atoms with Gasteiger partial charge in [-0.05, 0) is 49.1 Å². The Bertz CT molecular complexity index is 1340. The zero-order chi connectivity index (χ0) is 20.5. The number of nitriles is 1. The first kappa shape index (κ1) is 19.2. The van der Waals surface area contributed by atoms with Crippen molar-refractivity contribution in [1.82, 2.24) is 19.7 Å². The summed E-state index contributed by atoms with van der Waals surface area (Å²) in [6.45, 7) is 1.80. The van der Waals surface area contributed by atoms with Gasteiger partial charge in [0.05, 0.1) is 33.3 Å². The highest BCUT2D eigenvalue weighted by molar-refractivity contribution is 7.97. The fourth-order valence-corrected chi connectivity index (χ4v) is 3.66. The van der Waals surface area contributed by atoms with Crippen LogP contribution in [0.3, 0.4) is 0 Å². The van der Waals surface area contributed by atoms with Gasteiger partial charge in [0.25, 0.3) is 0 Å². The average molecular weight is 424 g/mol. The predicted molar refractivity (Wildman–Crippen MR) is 112 cm³/mol. The van der Waals surface area contributed by atoms with E-state index in [1.54, 1.807) is 49.1 Å². The molecule has 0 aliphatic heterocycles. The van der Waals surface area contributed by atoms with Gasteiger partial charge in [-0.1, -0.05) is 11.6 Å². The summed E-state index contributed by atoms with van der Waals surface area (Å²) in [6.07, 6.45) is 3.58. The van der Waals surface area contributed by atoms with E-state index in [-0.39, 0.29) is 11.3 Å². The van der Waals surface area contributed by atoms with Crippen LogP contribution in [0, 0.1) is 18.3 Å². The average Bonchev–Trinajstić information content (AvgIpc) is 3.12. The van der Waals surface area contributed by atoms with Crippen LogP contribution < -0.4 is 5.63 Å². The number of aromatic nitrogens is 4. The molecule has 4 aromatic rings. The third kappa shape index (κ3) is 3.50. The Labute approximate surface area is 175 Å². The van der Waals surface area contributed by atoms with E-state index < -0.39 is 5.63 Å². The molecule has 0 saturated heterocycles. The van der Waals surface area contributed by atoms with Gasteiger partial charge in [0.1, 0.15) is 5.69 Å². The summed E-state index contributed by atoms with van der Waals surface area (Å²) in [4.78, 5) is 21.5. The number of hydrogen-bond donors (Lipinski definition) is 0. The maximum Gasteiger partial charge on any atom is 0.347 e. The Balaban J connectivity index is 1.99. The van der Waals surface area contributed by atoms with Crippen molar-refractivity contribution in [2.75, 3.05) is 6.26 Å². The van der Waals surface area contributed by atoms with Crippen LogP contribution >= 0.6 is 23.4 Å². The van der Waals surface area contributed by atoms with Crippen LogP contribution in [0.25, 0.3) is 28.3 Å². The van der Waals surface area contributed by atoms with Gasteiger partial charge >= 0.3 is 5.63 Å².